The van der Waals surface area contributed by atoms with Gasteiger partial charge in [-0.3, -0.25) is 4.99 Å². The predicted octanol–water partition coefficient (Wildman–Crippen LogP) is 6.08. The summed E-state index contributed by atoms with van der Waals surface area (Å²) in [6, 6.07) is 19.8. The minimum absolute atomic E-state index is 0.194. The second-order valence-corrected chi connectivity index (χ2v) is 7.50. The Balaban J connectivity index is 0.000000817. The monoisotopic (exact) mass is 442 g/mol. The zero-order valence-corrected chi connectivity index (χ0v) is 17.9. The van der Waals surface area contributed by atoms with Crippen LogP contribution in [0, 0.1) is 0 Å². The molecule has 142 valence electrons. The molecule has 0 aliphatic heterocycles. The van der Waals surface area contributed by atoms with Crippen LogP contribution in [0.4, 0.5) is 11.4 Å². The van der Waals surface area contributed by atoms with Crippen molar-refractivity contribution in [1.82, 2.24) is 9.55 Å². The van der Waals surface area contributed by atoms with Gasteiger partial charge in [-0.2, -0.15) is 0 Å². The van der Waals surface area contributed by atoms with Gasteiger partial charge in [0.05, 0.1) is 22.8 Å². The van der Waals surface area contributed by atoms with E-state index < -0.39 is 0 Å². The van der Waals surface area contributed by atoms with Crippen molar-refractivity contribution >= 4 is 43.0 Å². The maximum atomic E-state index is 4.76. The van der Waals surface area contributed by atoms with E-state index in [9.17, 15) is 0 Å². The van der Waals surface area contributed by atoms with Crippen LogP contribution in [0.5, 0.6) is 0 Å². The summed E-state index contributed by atoms with van der Waals surface area (Å²) >= 11 is 0.194. The maximum absolute atomic E-state index is 4.76. The molecular formula is C20H20Cl2FeN4. The molecule has 27 heavy (non-hydrogen) atoms. The first kappa shape index (κ1) is 21.4. The van der Waals surface area contributed by atoms with Crippen LogP contribution in [0.2, 0.25) is 0 Å². The molecule has 0 N–H and O–H groups in total. The number of benzene rings is 2. The molecule has 3 aromatic rings. The fourth-order valence-corrected chi connectivity index (χ4v) is 2.48. The number of hydrogen-bond donors (Lipinski definition) is 0. The van der Waals surface area contributed by atoms with Crippen molar-refractivity contribution in [3.05, 3.63) is 78.4 Å². The SMILES string of the molecule is CC(=Nc1ccccc1)c1cn(C)c(C(C)=Nc2ccccc2)n1.[Cl][Fe][Cl]. The van der Waals surface area contributed by atoms with Crippen LogP contribution in [-0.4, -0.2) is 21.0 Å². The fourth-order valence-electron chi connectivity index (χ4n) is 2.48. The third-order valence-electron chi connectivity index (χ3n) is 3.68. The molecule has 0 saturated heterocycles. The summed E-state index contributed by atoms with van der Waals surface area (Å²) in [7, 11) is 11.5. The Morgan fingerprint density at radius 2 is 1.30 bits per heavy atom. The van der Waals surface area contributed by atoms with Crippen molar-refractivity contribution in [2.45, 2.75) is 13.8 Å². The van der Waals surface area contributed by atoms with E-state index in [1.807, 2.05) is 92.3 Å². The van der Waals surface area contributed by atoms with Crippen molar-refractivity contribution in [3.63, 3.8) is 0 Å². The van der Waals surface area contributed by atoms with E-state index in [1.54, 1.807) is 0 Å². The van der Waals surface area contributed by atoms with Gasteiger partial charge in [-0.25, -0.2) is 9.98 Å². The van der Waals surface area contributed by atoms with E-state index in [-0.39, 0.29) is 13.1 Å². The van der Waals surface area contributed by atoms with Gasteiger partial charge in [-0.15, -0.1) is 0 Å². The average Bonchev–Trinajstić information content (AvgIpc) is 3.06. The Kier molecular flexibility index (Phi) is 8.76. The number of halogens is 2. The van der Waals surface area contributed by atoms with Crippen molar-refractivity contribution < 1.29 is 13.1 Å². The van der Waals surface area contributed by atoms with Gasteiger partial charge in [0.25, 0.3) is 0 Å². The topological polar surface area (TPSA) is 42.5 Å². The zero-order chi connectivity index (χ0) is 19.6. The fraction of sp³-hybridized carbons (Fsp3) is 0.150. The van der Waals surface area contributed by atoms with Gasteiger partial charge in [0, 0.05) is 13.2 Å². The van der Waals surface area contributed by atoms with Gasteiger partial charge >= 0.3 is 33.3 Å². The summed E-state index contributed by atoms with van der Waals surface area (Å²) < 4.78 is 1.99. The Morgan fingerprint density at radius 1 is 0.852 bits per heavy atom. The molecule has 0 atom stereocenters. The van der Waals surface area contributed by atoms with Crippen LogP contribution in [0.15, 0.2) is 76.8 Å². The van der Waals surface area contributed by atoms with E-state index in [0.717, 1.165) is 34.3 Å². The van der Waals surface area contributed by atoms with Crippen molar-refractivity contribution in [3.8, 4) is 0 Å². The molecule has 0 amide bonds. The molecule has 7 heteroatoms. The van der Waals surface area contributed by atoms with E-state index in [1.165, 1.54) is 0 Å². The summed E-state index contributed by atoms with van der Waals surface area (Å²) in [5.74, 6) is 0.844. The molecule has 3 rings (SSSR count). The number of aromatic nitrogens is 2. The van der Waals surface area contributed by atoms with Gasteiger partial charge in [0.1, 0.15) is 5.69 Å². The number of nitrogens with zero attached hydrogens (tertiary/aromatic N) is 4. The molecule has 4 nitrogen and oxygen atoms in total. The third-order valence-corrected chi connectivity index (χ3v) is 3.68. The van der Waals surface area contributed by atoms with Crippen molar-refractivity contribution in [1.29, 1.82) is 0 Å². The number of hydrogen-bond acceptors (Lipinski definition) is 3. The third kappa shape index (κ3) is 6.64. The van der Waals surface area contributed by atoms with Crippen LogP contribution in [0.25, 0.3) is 0 Å². The Bertz CT molecular complexity index is 906. The first-order chi connectivity index (χ1) is 13.0. The molecule has 2 aromatic carbocycles. The summed E-state index contributed by atoms with van der Waals surface area (Å²) in [5.41, 5.74) is 4.48. The standard InChI is InChI=1S/C20H20N4.2ClH.Fe/c1-15(21-17-10-6-4-7-11-17)19-14-24(3)20(23-19)16(2)22-18-12-8-5-9-13-18;;;/h4-14H,1-3H3;2*1H;/q;;;+2/p-2. The Labute approximate surface area is 174 Å². The second-order valence-electron chi connectivity index (χ2n) is 5.68. The van der Waals surface area contributed by atoms with E-state index in [4.69, 9.17) is 25.2 Å². The molecule has 0 unspecified atom stereocenters. The summed E-state index contributed by atoms with van der Waals surface area (Å²) in [4.78, 5) is 14.0. The first-order valence-electron chi connectivity index (χ1n) is 8.15. The molecule has 0 spiro atoms. The molecule has 0 aliphatic rings. The van der Waals surface area contributed by atoms with Crippen LogP contribution < -0.4 is 0 Å². The van der Waals surface area contributed by atoms with Crippen LogP contribution in [0.3, 0.4) is 0 Å². The summed E-state index contributed by atoms with van der Waals surface area (Å²) in [6.45, 7) is 3.95. The number of imidazole rings is 1. The van der Waals surface area contributed by atoms with Gasteiger partial charge in [-0.1, -0.05) is 36.4 Å². The summed E-state index contributed by atoms with van der Waals surface area (Å²) in [5, 5.41) is 0. The van der Waals surface area contributed by atoms with Gasteiger partial charge in [0.2, 0.25) is 0 Å². The minimum atomic E-state index is 0.194. The van der Waals surface area contributed by atoms with E-state index in [2.05, 4.69) is 9.98 Å². The molecule has 0 aliphatic carbocycles. The number of para-hydroxylation sites is 2. The molecular weight excluding hydrogens is 423 g/mol. The molecule has 0 radical (unpaired) electrons. The zero-order valence-electron chi connectivity index (χ0n) is 15.2. The summed E-state index contributed by atoms with van der Waals surface area (Å²) in [6.07, 6.45) is 1.99. The van der Waals surface area contributed by atoms with Crippen LogP contribution in [-0.2, 0) is 20.2 Å². The Morgan fingerprint density at radius 3 is 1.78 bits per heavy atom. The predicted molar refractivity (Wildman–Crippen MR) is 112 cm³/mol. The van der Waals surface area contributed by atoms with Gasteiger partial charge in [-0.05, 0) is 38.1 Å². The van der Waals surface area contributed by atoms with Gasteiger partial charge < -0.3 is 4.57 Å². The molecule has 1 aromatic heterocycles. The second kappa shape index (κ2) is 11.1. The number of aryl methyl sites for hydroxylation is 1. The molecule has 0 saturated carbocycles. The number of rotatable bonds is 4. The molecule has 0 bridgehead atoms. The van der Waals surface area contributed by atoms with Crippen LogP contribution >= 0.6 is 20.2 Å². The van der Waals surface area contributed by atoms with Crippen molar-refractivity contribution in [2.24, 2.45) is 17.0 Å². The quantitative estimate of drug-likeness (QED) is 0.356. The Hall–Kier alpha value is -1.91. The first-order valence-corrected chi connectivity index (χ1v) is 11.2. The van der Waals surface area contributed by atoms with Crippen molar-refractivity contribution in [2.75, 3.05) is 0 Å². The van der Waals surface area contributed by atoms with E-state index >= 15 is 0 Å². The molecule has 1 heterocycles. The van der Waals surface area contributed by atoms with Gasteiger partial charge in [0.15, 0.2) is 5.82 Å². The normalized spacial score (nSPS) is 11.9. The average molecular weight is 443 g/mol. The van der Waals surface area contributed by atoms with E-state index in [0.29, 0.717) is 0 Å². The molecule has 0 fully saturated rings. The van der Waals surface area contributed by atoms with Crippen LogP contribution in [0.1, 0.15) is 25.4 Å². The number of aliphatic imine (C=N–C) groups is 2.